The van der Waals surface area contributed by atoms with E-state index in [2.05, 4.69) is 21.4 Å². The number of amides is 1. The Morgan fingerprint density at radius 3 is 2.39 bits per heavy atom. The molecule has 6 nitrogen and oxygen atoms in total. The van der Waals surface area contributed by atoms with Gasteiger partial charge in [-0.1, -0.05) is 71.2 Å². The molecule has 4 rings (SSSR count). The first kappa shape index (κ1) is 23.5. The quantitative estimate of drug-likeness (QED) is 0.303. The molecule has 9 heteroatoms. The molecule has 0 saturated carbocycles. The summed E-state index contributed by atoms with van der Waals surface area (Å²) in [5.41, 5.74) is 11.2. The van der Waals surface area contributed by atoms with Crippen molar-refractivity contribution in [1.82, 2.24) is 16.3 Å². The van der Waals surface area contributed by atoms with Crippen LogP contribution in [-0.2, 0) is 11.4 Å². The van der Waals surface area contributed by atoms with E-state index in [4.69, 9.17) is 39.5 Å². The second-order valence-electron chi connectivity index (χ2n) is 7.45. The summed E-state index contributed by atoms with van der Waals surface area (Å²) in [5.74, 6) is 0.482. The maximum Gasteiger partial charge on any atom is 0.258 e. The summed E-state index contributed by atoms with van der Waals surface area (Å²) < 4.78 is 5.83. The van der Waals surface area contributed by atoms with Crippen LogP contribution in [0.25, 0.3) is 0 Å². The van der Waals surface area contributed by atoms with Crippen LogP contribution in [0.1, 0.15) is 29.2 Å². The largest absolute Gasteiger partial charge is 0.489 e. The van der Waals surface area contributed by atoms with Crippen molar-refractivity contribution in [2.75, 3.05) is 0 Å². The summed E-state index contributed by atoms with van der Waals surface area (Å²) in [6.07, 6.45) is 2.00. The average molecular weight is 504 g/mol. The van der Waals surface area contributed by atoms with Gasteiger partial charge in [0.1, 0.15) is 18.4 Å². The molecule has 0 aliphatic carbocycles. The van der Waals surface area contributed by atoms with Gasteiger partial charge in [0.25, 0.3) is 5.91 Å². The standard InChI is InChI=1S/C24H21Cl3N4O2/c25-19-5-2-1-4-16(19)14-33-17-10-8-15(9-11-17)22-12-23(30-29-22)24(32)31-28-13-18-20(26)6-3-7-21(18)27/h1-11,13,22-23,29-30H,12,14H2,(H,31,32)/b28-13+. The molecule has 0 spiro atoms. The highest BCUT2D eigenvalue weighted by Crippen LogP contribution is 2.26. The van der Waals surface area contributed by atoms with E-state index in [1.165, 1.54) is 6.21 Å². The molecule has 1 saturated heterocycles. The number of nitrogens with zero attached hydrogens (tertiary/aromatic N) is 1. The number of ether oxygens (including phenoxy) is 1. The van der Waals surface area contributed by atoms with E-state index in [1.807, 2.05) is 48.5 Å². The second-order valence-corrected chi connectivity index (χ2v) is 8.67. The molecule has 0 bridgehead atoms. The predicted molar refractivity (Wildman–Crippen MR) is 132 cm³/mol. The van der Waals surface area contributed by atoms with Gasteiger partial charge in [0.05, 0.1) is 16.3 Å². The van der Waals surface area contributed by atoms with Gasteiger partial charge >= 0.3 is 0 Å². The van der Waals surface area contributed by atoms with Gasteiger partial charge in [0.15, 0.2) is 0 Å². The fourth-order valence-electron chi connectivity index (χ4n) is 3.39. The van der Waals surface area contributed by atoms with Crippen LogP contribution in [-0.4, -0.2) is 18.2 Å². The molecular formula is C24H21Cl3N4O2. The highest BCUT2D eigenvalue weighted by Gasteiger charge is 2.30. The van der Waals surface area contributed by atoms with Crippen molar-refractivity contribution >= 4 is 46.9 Å². The maximum atomic E-state index is 12.5. The van der Waals surface area contributed by atoms with Crippen LogP contribution < -0.4 is 21.0 Å². The van der Waals surface area contributed by atoms with E-state index in [0.717, 1.165) is 16.9 Å². The fraction of sp³-hybridized carbons (Fsp3) is 0.167. The Bertz CT molecular complexity index is 1130. The first-order valence-electron chi connectivity index (χ1n) is 10.3. The molecule has 1 heterocycles. The lowest BCUT2D eigenvalue weighted by atomic mass is 10.0. The van der Waals surface area contributed by atoms with E-state index in [-0.39, 0.29) is 11.9 Å². The molecule has 3 aromatic carbocycles. The van der Waals surface area contributed by atoms with Crippen LogP contribution in [0.15, 0.2) is 71.8 Å². The molecule has 33 heavy (non-hydrogen) atoms. The van der Waals surface area contributed by atoms with Crippen LogP contribution in [0.5, 0.6) is 5.75 Å². The second kappa shape index (κ2) is 11.0. The third-order valence-corrected chi connectivity index (χ3v) is 6.25. The van der Waals surface area contributed by atoms with Crippen molar-refractivity contribution in [1.29, 1.82) is 0 Å². The van der Waals surface area contributed by atoms with Crippen LogP contribution in [0.2, 0.25) is 15.1 Å². The normalized spacial score (nSPS) is 17.9. The molecule has 2 atom stereocenters. The maximum absolute atomic E-state index is 12.5. The van der Waals surface area contributed by atoms with Gasteiger partial charge in [-0.15, -0.1) is 0 Å². The molecular weight excluding hydrogens is 483 g/mol. The number of hydrazine groups is 1. The number of hydrogen-bond donors (Lipinski definition) is 3. The van der Waals surface area contributed by atoms with Crippen molar-refractivity contribution in [3.8, 4) is 5.75 Å². The summed E-state index contributed by atoms with van der Waals surface area (Å²) in [6, 6.07) is 20.0. The van der Waals surface area contributed by atoms with Gasteiger partial charge in [-0.05, 0) is 42.3 Å². The first-order chi connectivity index (χ1) is 16.0. The molecule has 3 aromatic rings. The lowest BCUT2D eigenvalue weighted by molar-refractivity contribution is -0.122. The van der Waals surface area contributed by atoms with Crippen LogP contribution >= 0.6 is 34.8 Å². The zero-order valence-electron chi connectivity index (χ0n) is 17.4. The molecule has 1 aliphatic heterocycles. The Kier molecular flexibility index (Phi) is 7.85. The summed E-state index contributed by atoms with van der Waals surface area (Å²) in [6.45, 7) is 0.393. The SMILES string of the molecule is O=C(N/N=C/c1c(Cl)cccc1Cl)C1CC(c2ccc(OCc3ccccc3Cl)cc2)NN1. The third-order valence-electron chi connectivity index (χ3n) is 5.22. The fourth-order valence-corrected chi connectivity index (χ4v) is 4.08. The molecule has 0 aromatic heterocycles. The zero-order chi connectivity index (χ0) is 23.2. The number of nitrogens with one attached hydrogen (secondary N) is 3. The smallest absolute Gasteiger partial charge is 0.258 e. The predicted octanol–water partition coefficient (Wildman–Crippen LogP) is 5.28. The Labute approximate surface area is 206 Å². The van der Waals surface area contributed by atoms with Gasteiger partial charge in [-0.25, -0.2) is 16.3 Å². The Hall–Kier alpha value is -2.61. The molecule has 3 N–H and O–H groups in total. The highest BCUT2D eigenvalue weighted by molar-refractivity contribution is 6.38. The third kappa shape index (κ3) is 6.05. The lowest BCUT2D eigenvalue weighted by Crippen LogP contribution is -2.41. The minimum atomic E-state index is -0.440. The Morgan fingerprint density at radius 2 is 1.67 bits per heavy atom. The minimum Gasteiger partial charge on any atom is -0.489 e. The molecule has 2 unspecified atom stereocenters. The van der Waals surface area contributed by atoms with Crippen molar-refractivity contribution in [3.05, 3.63) is 98.5 Å². The van der Waals surface area contributed by atoms with Crippen molar-refractivity contribution in [3.63, 3.8) is 0 Å². The Balaban J connectivity index is 1.29. The number of benzene rings is 3. The number of carbonyl (C=O) groups is 1. The molecule has 1 aliphatic rings. The first-order valence-corrected chi connectivity index (χ1v) is 11.4. The molecule has 0 radical (unpaired) electrons. The molecule has 1 amide bonds. The van der Waals surface area contributed by atoms with E-state index in [9.17, 15) is 4.79 Å². The van der Waals surface area contributed by atoms with E-state index in [1.54, 1.807) is 18.2 Å². The highest BCUT2D eigenvalue weighted by atomic mass is 35.5. The van der Waals surface area contributed by atoms with Crippen LogP contribution in [0, 0.1) is 0 Å². The zero-order valence-corrected chi connectivity index (χ0v) is 19.7. The number of hydrazone groups is 1. The number of carbonyl (C=O) groups excluding carboxylic acids is 1. The van der Waals surface area contributed by atoms with E-state index in [0.29, 0.717) is 33.7 Å². The minimum absolute atomic E-state index is 0.0274. The van der Waals surface area contributed by atoms with Crippen molar-refractivity contribution in [2.45, 2.75) is 25.1 Å². The van der Waals surface area contributed by atoms with Crippen LogP contribution in [0.4, 0.5) is 0 Å². The lowest BCUT2D eigenvalue weighted by Gasteiger charge is -2.12. The molecule has 1 fully saturated rings. The number of rotatable bonds is 7. The number of halogens is 3. The molecule has 170 valence electrons. The van der Waals surface area contributed by atoms with E-state index >= 15 is 0 Å². The van der Waals surface area contributed by atoms with Gasteiger partial charge in [0.2, 0.25) is 0 Å². The summed E-state index contributed by atoms with van der Waals surface area (Å²) in [4.78, 5) is 12.5. The summed E-state index contributed by atoms with van der Waals surface area (Å²) in [5, 5.41) is 5.58. The van der Waals surface area contributed by atoms with Crippen molar-refractivity contribution < 1.29 is 9.53 Å². The number of hydrogen-bond acceptors (Lipinski definition) is 5. The summed E-state index contributed by atoms with van der Waals surface area (Å²) in [7, 11) is 0. The van der Waals surface area contributed by atoms with Gasteiger partial charge in [0, 0.05) is 22.2 Å². The average Bonchev–Trinajstić information content (AvgIpc) is 3.31. The van der Waals surface area contributed by atoms with Crippen LogP contribution in [0.3, 0.4) is 0 Å². The van der Waals surface area contributed by atoms with Gasteiger partial charge < -0.3 is 4.74 Å². The Morgan fingerprint density at radius 1 is 0.970 bits per heavy atom. The summed E-state index contributed by atoms with van der Waals surface area (Å²) >= 11 is 18.4. The topological polar surface area (TPSA) is 74.8 Å². The van der Waals surface area contributed by atoms with E-state index < -0.39 is 6.04 Å². The van der Waals surface area contributed by atoms with Crippen molar-refractivity contribution in [2.24, 2.45) is 5.10 Å². The van der Waals surface area contributed by atoms with Gasteiger partial charge in [-0.2, -0.15) is 5.10 Å². The van der Waals surface area contributed by atoms with Gasteiger partial charge in [-0.3, -0.25) is 4.79 Å². The monoisotopic (exact) mass is 502 g/mol.